The van der Waals surface area contributed by atoms with E-state index in [1.807, 2.05) is 6.07 Å². The fraction of sp³-hybridized carbons (Fsp3) is 0.400. The van der Waals surface area contributed by atoms with Gasteiger partial charge in [0, 0.05) is 11.1 Å². The molecule has 0 radical (unpaired) electrons. The zero-order chi connectivity index (χ0) is 9.47. The van der Waals surface area contributed by atoms with E-state index in [0.29, 0.717) is 0 Å². The van der Waals surface area contributed by atoms with Crippen LogP contribution in [0.4, 0.5) is 8.78 Å². The molecule has 1 aromatic rings. The van der Waals surface area contributed by atoms with Crippen molar-refractivity contribution < 1.29 is 8.78 Å². The number of hydrogen-bond acceptors (Lipinski definition) is 1. The molecule has 0 aromatic heterocycles. The van der Waals surface area contributed by atoms with Crippen LogP contribution < -0.4 is 5.73 Å². The molecule has 1 fully saturated rings. The van der Waals surface area contributed by atoms with E-state index in [0.717, 1.165) is 18.4 Å². The van der Waals surface area contributed by atoms with Crippen molar-refractivity contribution in [3.8, 4) is 0 Å². The van der Waals surface area contributed by atoms with Crippen molar-refractivity contribution in [2.45, 2.75) is 24.8 Å². The summed E-state index contributed by atoms with van der Waals surface area (Å²) < 4.78 is 24.6. The second kappa shape index (κ2) is 2.77. The molecule has 1 saturated carbocycles. The highest BCUT2D eigenvalue weighted by atomic mass is 19.3. The third kappa shape index (κ3) is 1.56. The van der Waals surface area contributed by atoms with E-state index in [-0.39, 0.29) is 11.1 Å². The Morgan fingerprint density at radius 3 is 2.54 bits per heavy atom. The lowest BCUT2D eigenvalue weighted by molar-refractivity contribution is 0.151. The Morgan fingerprint density at radius 1 is 1.31 bits per heavy atom. The summed E-state index contributed by atoms with van der Waals surface area (Å²) in [4.78, 5) is 0. The number of alkyl halides is 2. The second-order valence-electron chi connectivity index (χ2n) is 3.58. The second-order valence-corrected chi connectivity index (χ2v) is 3.58. The maximum Gasteiger partial charge on any atom is 0.263 e. The Labute approximate surface area is 75.6 Å². The van der Waals surface area contributed by atoms with Crippen LogP contribution in [0, 0.1) is 0 Å². The Hall–Kier alpha value is -0.960. The zero-order valence-corrected chi connectivity index (χ0v) is 7.13. The Bertz CT molecular complexity index is 318. The predicted octanol–water partition coefficient (Wildman–Crippen LogP) is 2.57. The van der Waals surface area contributed by atoms with Gasteiger partial charge in [-0.1, -0.05) is 18.2 Å². The third-order valence-corrected chi connectivity index (χ3v) is 2.50. The number of benzene rings is 1. The maximum atomic E-state index is 12.3. The van der Waals surface area contributed by atoms with Crippen molar-refractivity contribution in [3.05, 3.63) is 35.4 Å². The molecular formula is C10H11F2N. The first kappa shape index (κ1) is 8.63. The Morgan fingerprint density at radius 2 is 2.00 bits per heavy atom. The van der Waals surface area contributed by atoms with Gasteiger partial charge in [0.2, 0.25) is 0 Å². The van der Waals surface area contributed by atoms with Crippen molar-refractivity contribution in [2.75, 3.05) is 0 Å². The van der Waals surface area contributed by atoms with E-state index in [2.05, 4.69) is 0 Å². The van der Waals surface area contributed by atoms with Crippen LogP contribution >= 0.6 is 0 Å². The predicted molar refractivity (Wildman–Crippen MR) is 46.5 cm³/mol. The molecule has 0 heterocycles. The minimum atomic E-state index is -2.40. The van der Waals surface area contributed by atoms with E-state index < -0.39 is 6.43 Å². The molecule has 2 rings (SSSR count). The van der Waals surface area contributed by atoms with Gasteiger partial charge in [0.15, 0.2) is 0 Å². The molecular weight excluding hydrogens is 172 g/mol. The quantitative estimate of drug-likeness (QED) is 0.749. The maximum absolute atomic E-state index is 12.3. The summed E-state index contributed by atoms with van der Waals surface area (Å²) >= 11 is 0. The summed E-state index contributed by atoms with van der Waals surface area (Å²) in [5.41, 5.74) is 6.48. The largest absolute Gasteiger partial charge is 0.321 e. The molecule has 0 saturated heterocycles. The smallest absolute Gasteiger partial charge is 0.263 e. The average Bonchev–Trinajstić information content (AvgIpc) is 2.85. The van der Waals surface area contributed by atoms with Crippen molar-refractivity contribution in [1.82, 2.24) is 0 Å². The minimum Gasteiger partial charge on any atom is -0.321 e. The molecule has 0 bridgehead atoms. The van der Waals surface area contributed by atoms with Crippen molar-refractivity contribution in [2.24, 2.45) is 5.73 Å². The highest BCUT2D eigenvalue weighted by Gasteiger charge is 2.40. The first-order chi connectivity index (χ1) is 6.12. The lowest BCUT2D eigenvalue weighted by Crippen LogP contribution is -2.18. The molecule has 0 spiro atoms. The highest BCUT2D eigenvalue weighted by molar-refractivity contribution is 5.33. The van der Waals surface area contributed by atoms with Crippen LogP contribution in [0.5, 0.6) is 0 Å². The molecule has 0 amide bonds. The Kier molecular flexibility index (Phi) is 1.84. The van der Waals surface area contributed by atoms with Crippen LogP contribution in [0.3, 0.4) is 0 Å². The monoisotopic (exact) mass is 183 g/mol. The average molecular weight is 183 g/mol. The van der Waals surface area contributed by atoms with Crippen molar-refractivity contribution >= 4 is 0 Å². The van der Waals surface area contributed by atoms with Gasteiger partial charge in [0.05, 0.1) is 0 Å². The zero-order valence-electron chi connectivity index (χ0n) is 7.13. The normalized spacial score (nSPS) is 19.1. The van der Waals surface area contributed by atoms with Gasteiger partial charge in [-0.15, -0.1) is 0 Å². The number of hydrogen-bond donors (Lipinski definition) is 1. The van der Waals surface area contributed by atoms with E-state index in [4.69, 9.17) is 5.73 Å². The van der Waals surface area contributed by atoms with E-state index in [1.165, 1.54) is 12.1 Å². The molecule has 0 atom stereocenters. The minimum absolute atomic E-state index is 0.0641. The van der Waals surface area contributed by atoms with Crippen LogP contribution in [0.15, 0.2) is 24.3 Å². The van der Waals surface area contributed by atoms with Crippen molar-refractivity contribution in [1.29, 1.82) is 0 Å². The summed E-state index contributed by atoms with van der Waals surface area (Å²) in [6.07, 6.45) is -0.596. The van der Waals surface area contributed by atoms with Gasteiger partial charge in [-0.2, -0.15) is 0 Å². The van der Waals surface area contributed by atoms with Crippen molar-refractivity contribution in [3.63, 3.8) is 0 Å². The molecule has 0 aliphatic heterocycles. The van der Waals surface area contributed by atoms with Crippen LogP contribution in [0.1, 0.15) is 30.4 Å². The van der Waals surface area contributed by atoms with Gasteiger partial charge in [0.25, 0.3) is 6.43 Å². The molecule has 2 N–H and O–H groups in total. The SMILES string of the molecule is NC1(c2cccc(C(F)F)c2)CC1. The van der Waals surface area contributed by atoms with E-state index >= 15 is 0 Å². The molecule has 0 unspecified atom stereocenters. The lowest BCUT2D eigenvalue weighted by atomic mass is 10.0. The van der Waals surface area contributed by atoms with Crippen LogP contribution in [-0.4, -0.2) is 0 Å². The van der Waals surface area contributed by atoms with E-state index in [9.17, 15) is 8.78 Å². The van der Waals surface area contributed by atoms with Crippen LogP contribution in [-0.2, 0) is 5.54 Å². The fourth-order valence-corrected chi connectivity index (χ4v) is 1.41. The number of nitrogens with two attached hydrogens (primary N) is 1. The fourth-order valence-electron chi connectivity index (χ4n) is 1.41. The summed E-state index contributed by atoms with van der Waals surface area (Å²) in [7, 11) is 0. The molecule has 1 aromatic carbocycles. The highest BCUT2D eigenvalue weighted by Crippen LogP contribution is 2.43. The van der Waals surface area contributed by atoms with Crippen LogP contribution in [0.2, 0.25) is 0 Å². The number of halogens is 2. The Balaban J connectivity index is 2.33. The van der Waals surface area contributed by atoms with E-state index in [1.54, 1.807) is 6.07 Å². The third-order valence-electron chi connectivity index (χ3n) is 2.50. The summed E-state index contributed by atoms with van der Waals surface area (Å²) in [6, 6.07) is 6.40. The number of rotatable bonds is 2. The van der Waals surface area contributed by atoms with Gasteiger partial charge < -0.3 is 5.73 Å². The first-order valence-corrected chi connectivity index (χ1v) is 4.29. The summed E-state index contributed by atoms with van der Waals surface area (Å²) in [6.45, 7) is 0. The molecule has 1 nitrogen and oxygen atoms in total. The molecule has 70 valence electrons. The topological polar surface area (TPSA) is 26.0 Å². The summed E-state index contributed by atoms with van der Waals surface area (Å²) in [5.74, 6) is 0. The molecule has 1 aliphatic rings. The van der Waals surface area contributed by atoms with Gasteiger partial charge in [-0.3, -0.25) is 0 Å². The summed E-state index contributed by atoms with van der Waals surface area (Å²) in [5, 5.41) is 0. The van der Waals surface area contributed by atoms with Gasteiger partial charge in [-0.05, 0) is 24.5 Å². The molecule has 3 heteroatoms. The van der Waals surface area contributed by atoms with Gasteiger partial charge in [-0.25, -0.2) is 8.78 Å². The standard InChI is InChI=1S/C10H11F2N/c11-9(12)7-2-1-3-8(6-7)10(13)4-5-10/h1-3,6,9H,4-5,13H2. The lowest BCUT2D eigenvalue weighted by Gasteiger charge is -2.10. The van der Waals surface area contributed by atoms with Gasteiger partial charge >= 0.3 is 0 Å². The first-order valence-electron chi connectivity index (χ1n) is 4.29. The molecule has 13 heavy (non-hydrogen) atoms. The van der Waals surface area contributed by atoms with Crippen LogP contribution in [0.25, 0.3) is 0 Å². The van der Waals surface area contributed by atoms with Gasteiger partial charge in [0.1, 0.15) is 0 Å². The molecule has 1 aliphatic carbocycles.